The summed E-state index contributed by atoms with van der Waals surface area (Å²) in [7, 11) is 0. The van der Waals surface area contributed by atoms with E-state index < -0.39 is 47.5 Å². The van der Waals surface area contributed by atoms with Crippen LogP contribution in [0.5, 0.6) is 0 Å². The van der Waals surface area contributed by atoms with E-state index in [0.29, 0.717) is 69.5 Å². The smallest absolute Gasteiger partial charge is 0.453 e. The molecule has 2 aliphatic heterocycles. The predicted molar refractivity (Wildman–Crippen MR) is 255 cm³/mol. The molecule has 8 aromatic rings. The van der Waals surface area contributed by atoms with E-state index in [0.717, 1.165) is 16.8 Å². The first-order valence-electron chi connectivity index (χ1n) is 20.6. The molecule has 6 heterocycles. The number of carbonyl (C=O) groups is 2. The SMILES string of the molecule is C.C.FC(F)(F)c1nc2n(n1)CCNC2.I.O=C(O)c1cc(Cc2n[nH]c(=O)c3ccccc23)ccc1F.O=C(c1cc(Cc2n[nH]c(=O)c3ccccc23)ccc1F)N1CCn2nc(C(F)(F)F)nc2C1. The first-order valence-corrected chi connectivity index (χ1v) is 20.6. The Bertz CT molecular complexity index is 3350. The number of nitrogens with one attached hydrogen (secondary N) is 3. The average molecular weight is 1120 g/mol. The fraction of sp³-hybridized carbons (Fsp3) is 0.261. The number of aromatic carboxylic acids is 1. The lowest BCUT2D eigenvalue weighted by Crippen LogP contribution is -2.39. The number of hydrogen-bond donors (Lipinski definition) is 4. The molecule has 2 aliphatic rings. The third kappa shape index (κ3) is 12.3. The summed E-state index contributed by atoms with van der Waals surface area (Å²) in [5.41, 5.74) is 1.11. The number of halogens is 9. The summed E-state index contributed by atoms with van der Waals surface area (Å²) < 4.78 is 105. The fourth-order valence-corrected chi connectivity index (χ4v) is 7.48. The Balaban J connectivity index is 0.000000218. The van der Waals surface area contributed by atoms with Crippen LogP contribution in [0.4, 0.5) is 35.1 Å². The van der Waals surface area contributed by atoms with Crippen LogP contribution in [0, 0.1) is 11.6 Å². The Morgan fingerprint density at radius 3 is 1.57 bits per heavy atom. The predicted octanol–water partition coefficient (Wildman–Crippen LogP) is 7.56. The standard InChI is InChI=1S/C22H16F4N6O2.C16H11FN2O3.C6H7F3N4.2CH4.HI/c23-16-6-5-12(10-17-13-3-1-2-4-14(13)19(33)29-28-17)9-15(16)20(34)31-7-8-32-18(11-31)27-21(30-32)22(24,25)26;17-13-6-5-9(7-12(13)16(21)22)8-14-10-3-1-2-4-11(10)15(20)19-18-14;7-6(8,9)5-11-4-3-10-1-2-13(4)12-5;;;/h1-6,9H,7-8,10-11H2,(H,29,33);1-7H,8H2,(H,19,20)(H,21,22);10H,1-3H2;2*1H4;1H. The highest BCUT2D eigenvalue weighted by Crippen LogP contribution is 2.29. The van der Waals surface area contributed by atoms with Gasteiger partial charge in [-0.3, -0.25) is 14.4 Å². The molecular formula is C46H43F8IN12O5. The third-order valence-electron chi connectivity index (χ3n) is 10.8. The van der Waals surface area contributed by atoms with Crippen LogP contribution in [0.15, 0.2) is 94.5 Å². The highest BCUT2D eigenvalue weighted by atomic mass is 127. The van der Waals surface area contributed by atoms with Crippen molar-refractivity contribution in [1.82, 2.24) is 60.1 Å². The molecule has 0 unspecified atom stereocenters. The molecule has 0 atom stereocenters. The van der Waals surface area contributed by atoms with Crippen molar-refractivity contribution >= 4 is 57.4 Å². The molecule has 17 nitrogen and oxygen atoms in total. The normalized spacial score (nSPS) is 12.9. The minimum absolute atomic E-state index is 0. The second-order valence-electron chi connectivity index (χ2n) is 15.4. The average Bonchev–Trinajstić information content (AvgIpc) is 3.98. The molecule has 4 N–H and O–H groups in total. The number of H-pyrrole nitrogens is 2. The van der Waals surface area contributed by atoms with Crippen LogP contribution in [-0.2, 0) is 51.4 Å². The molecule has 0 fully saturated rings. The minimum Gasteiger partial charge on any atom is -0.478 e. The largest absolute Gasteiger partial charge is 0.478 e. The van der Waals surface area contributed by atoms with Crippen LogP contribution in [0.1, 0.15) is 81.4 Å². The molecule has 4 aromatic heterocycles. The van der Waals surface area contributed by atoms with Crippen molar-refractivity contribution < 1.29 is 49.8 Å². The van der Waals surface area contributed by atoms with E-state index in [1.54, 1.807) is 48.5 Å². The first-order chi connectivity index (χ1) is 32.8. The van der Waals surface area contributed by atoms with Crippen LogP contribution in [0.2, 0.25) is 0 Å². The second kappa shape index (κ2) is 22.7. The molecule has 0 saturated carbocycles. The lowest BCUT2D eigenvalue weighted by molar-refractivity contribution is -0.145. The Labute approximate surface area is 419 Å². The number of benzene rings is 4. The molecule has 4 aromatic carbocycles. The maximum Gasteiger partial charge on any atom is 0.453 e. The van der Waals surface area contributed by atoms with E-state index in [1.807, 2.05) is 0 Å². The number of aromatic nitrogens is 10. The summed E-state index contributed by atoms with van der Waals surface area (Å²) in [6, 6.07) is 21.9. The van der Waals surface area contributed by atoms with Crippen molar-refractivity contribution in [3.05, 3.63) is 174 Å². The summed E-state index contributed by atoms with van der Waals surface area (Å²) >= 11 is 0. The molecule has 0 radical (unpaired) electrons. The van der Waals surface area contributed by atoms with Crippen molar-refractivity contribution in [3.63, 3.8) is 0 Å². The van der Waals surface area contributed by atoms with E-state index in [2.05, 4.69) is 45.9 Å². The summed E-state index contributed by atoms with van der Waals surface area (Å²) in [4.78, 5) is 55.8. The molecule has 26 heteroatoms. The number of rotatable bonds is 6. The molecule has 0 spiro atoms. The van der Waals surface area contributed by atoms with Crippen molar-refractivity contribution in [2.75, 3.05) is 13.1 Å². The summed E-state index contributed by atoms with van der Waals surface area (Å²) in [5.74, 6) is -5.52. The van der Waals surface area contributed by atoms with Crippen molar-refractivity contribution in [2.45, 2.75) is 66.2 Å². The number of amides is 1. The zero-order valence-electron chi connectivity index (χ0n) is 35.8. The zero-order chi connectivity index (χ0) is 49.2. The Kier molecular flexibility index (Phi) is 17.5. The van der Waals surface area contributed by atoms with Gasteiger partial charge in [-0.2, -0.15) is 36.5 Å². The van der Waals surface area contributed by atoms with Gasteiger partial charge < -0.3 is 15.3 Å². The maximum atomic E-state index is 14.6. The van der Waals surface area contributed by atoms with Crippen LogP contribution in [-0.4, -0.2) is 84.9 Å². The quantitative estimate of drug-likeness (QED) is 0.0936. The van der Waals surface area contributed by atoms with Gasteiger partial charge in [0, 0.05) is 36.7 Å². The van der Waals surface area contributed by atoms with Crippen LogP contribution >= 0.6 is 24.0 Å². The minimum atomic E-state index is -4.69. The summed E-state index contributed by atoms with van der Waals surface area (Å²) in [5, 5.41) is 33.9. The number of fused-ring (bicyclic) bond motifs is 4. The monoisotopic (exact) mass is 1120 g/mol. The number of hydrogen-bond acceptors (Lipinski definition) is 11. The van der Waals surface area contributed by atoms with E-state index >= 15 is 0 Å². The molecule has 0 saturated heterocycles. The molecule has 0 aliphatic carbocycles. The maximum absolute atomic E-state index is 14.6. The van der Waals surface area contributed by atoms with E-state index in [1.165, 1.54) is 33.8 Å². The second-order valence-corrected chi connectivity index (χ2v) is 15.4. The number of nitrogens with zero attached hydrogens (tertiary/aromatic N) is 9. The number of aromatic amines is 2. The van der Waals surface area contributed by atoms with Gasteiger partial charge in [0.05, 0.1) is 59.5 Å². The van der Waals surface area contributed by atoms with Gasteiger partial charge >= 0.3 is 18.3 Å². The molecular weight excluding hydrogens is 1080 g/mol. The lowest BCUT2D eigenvalue weighted by atomic mass is 10.0. The summed E-state index contributed by atoms with van der Waals surface area (Å²) in [6.45, 7) is 1.27. The lowest BCUT2D eigenvalue weighted by Gasteiger charge is -2.27. The topological polar surface area (TPSA) is 223 Å². The zero-order valence-corrected chi connectivity index (χ0v) is 38.1. The molecule has 72 heavy (non-hydrogen) atoms. The number of carbonyl (C=O) groups excluding carboxylic acids is 1. The summed E-state index contributed by atoms with van der Waals surface area (Å²) in [6.07, 6.45) is -8.62. The van der Waals surface area contributed by atoms with Crippen molar-refractivity contribution in [3.8, 4) is 0 Å². The number of carboxylic acids is 1. The highest BCUT2D eigenvalue weighted by molar-refractivity contribution is 14.0. The molecule has 0 bridgehead atoms. The van der Waals surface area contributed by atoms with Gasteiger partial charge in [-0.15, -0.1) is 34.2 Å². The molecule has 380 valence electrons. The van der Waals surface area contributed by atoms with Gasteiger partial charge in [-0.1, -0.05) is 63.4 Å². The van der Waals surface area contributed by atoms with Crippen LogP contribution < -0.4 is 16.4 Å². The van der Waals surface area contributed by atoms with Crippen molar-refractivity contribution in [1.29, 1.82) is 0 Å². The Morgan fingerprint density at radius 1 is 0.625 bits per heavy atom. The van der Waals surface area contributed by atoms with Gasteiger partial charge in [0.2, 0.25) is 0 Å². The Hall–Kier alpha value is -7.49. The van der Waals surface area contributed by atoms with E-state index in [9.17, 15) is 54.3 Å². The third-order valence-corrected chi connectivity index (χ3v) is 10.8. The molecule has 10 rings (SSSR count). The highest BCUT2D eigenvalue weighted by Gasteiger charge is 2.39. The van der Waals surface area contributed by atoms with Gasteiger partial charge in [0.1, 0.15) is 23.3 Å². The molecule has 1 amide bonds. The van der Waals surface area contributed by atoms with Gasteiger partial charge in [-0.05, 0) is 47.5 Å². The first kappa shape index (κ1) is 55.4. The van der Waals surface area contributed by atoms with Gasteiger partial charge in [0.15, 0.2) is 0 Å². The van der Waals surface area contributed by atoms with E-state index in [4.69, 9.17) is 5.11 Å². The van der Waals surface area contributed by atoms with Gasteiger partial charge in [-0.25, -0.2) is 43.1 Å². The van der Waals surface area contributed by atoms with Crippen LogP contribution in [0.25, 0.3) is 21.5 Å². The Morgan fingerprint density at radius 2 is 1.08 bits per heavy atom. The van der Waals surface area contributed by atoms with Gasteiger partial charge in [0.25, 0.3) is 28.7 Å². The van der Waals surface area contributed by atoms with E-state index in [-0.39, 0.29) is 99.4 Å². The van der Waals surface area contributed by atoms with Crippen LogP contribution in [0.3, 0.4) is 0 Å². The fourth-order valence-electron chi connectivity index (χ4n) is 7.48. The number of carboxylic acid groups (broad SMARTS) is 1. The number of alkyl halides is 6. The van der Waals surface area contributed by atoms with Crippen molar-refractivity contribution in [2.24, 2.45) is 0 Å².